The summed E-state index contributed by atoms with van der Waals surface area (Å²) in [5.41, 5.74) is 1.60. The maximum atomic E-state index is 12.7. The second kappa shape index (κ2) is 7.90. The highest BCUT2D eigenvalue weighted by Gasteiger charge is 2.21. The van der Waals surface area contributed by atoms with E-state index in [0.717, 1.165) is 26.1 Å². The van der Waals surface area contributed by atoms with Crippen LogP contribution in [0, 0.1) is 10.1 Å². The number of carbonyl (C=O) groups is 1. The van der Waals surface area contributed by atoms with Crippen molar-refractivity contribution in [1.29, 1.82) is 0 Å². The van der Waals surface area contributed by atoms with Crippen molar-refractivity contribution in [3.05, 3.63) is 75.8 Å². The van der Waals surface area contributed by atoms with Gasteiger partial charge >= 0.3 is 0 Å². The van der Waals surface area contributed by atoms with Gasteiger partial charge in [-0.1, -0.05) is 36.4 Å². The minimum Gasteiger partial charge on any atom is -0.337 e. The van der Waals surface area contributed by atoms with Gasteiger partial charge in [0.25, 0.3) is 11.6 Å². The number of hydrogen-bond donors (Lipinski definition) is 0. The quantitative estimate of drug-likeness (QED) is 0.634. The van der Waals surface area contributed by atoms with Gasteiger partial charge in [-0.2, -0.15) is 0 Å². The molecule has 0 bridgehead atoms. The summed E-state index contributed by atoms with van der Waals surface area (Å²) in [6.07, 6.45) is 0.896. The zero-order chi connectivity index (χ0) is 17.6. The SMILES string of the molecule is O=C(c1cccc([N+](=O)[O-])c1)N1CCCN(Cc2ccccc2)CC1. The molecule has 1 aliphatic rings. The van der Waals surface area contributed by atoms with Crippen LogP contribution in [-0.2, 0) is 6.54 Å². The Morgan fingerprint density at radius 2 is 1.80 bits per heavy atom. The number of carbonyl (C=O) groups excluding carboxylic acids is 1. The van der Waals surface area contributed by atoms with Crippen LogP contribution in [-0.4, -0.2) is 46.8 Å². The number of benzene rings is 2. The molecule has 1 saturated heterocycles. The van der Waals surface area contributed by atoms with Crippen molar-refractivity contribution in [2.24, 2.45) is 0 Å². The van der Waals surface area contributed by atoms with E-state index in [1.165, 1.54) is 17.7 Å². The number of non-ortho nitro benzene ring substituents is 1. The molecule has 130 valence electrons. The number of nitro benzene ring substituents is 1. The molecular weight excluding hydrogens is 318 g/mol. The topological polar surface area (TPSA) is 66.7 Å². The molecule has 2 aromatic carbocycles. The molecule has 0 N–H and O–H groups in total. The highest BCUT2D eigenvalue weighted by atomic mass is 16.6. The summed E-state index contributed by atoms with van der Waals surface area (Å²) in [5, 5.41) is 10.9. The fourth-order valence-corrected chi connectivity index (χ4v) is 3.11. The number of nitro groups is 1. The smallest absolute Gasteiger partial charge is 0.270 e. The lowest BCUT2D eigenvalue weighted by atomic mass is 10.1. The third-order valence-corrected chi connectivity index (χ3v) is 4.43. The summed E-state index contributed by atoms with van der Waals surface area (Å²) in [4.78, 5) is 27.2. The lowest BCUT2D eigenvalue weighted by Crippen LogP contribution is -2.35. The largest absolute Gasteiger partial charge is 0.337 e. The molecule has 0 spiro atoms. The van der Waals surface area contributed by atoms with Crippen LogP contribution in [0.1, 0.15) is 22.3 Å². The lowest BCUT2D eigenvalue weighted by Gasteiger charge is -2.22. The summed E-state index contributed by atoms with van der Waals surface area (Å²) in [5.74, 6) is -0.134. The van der Waals surface area contributed by atoms with E-state index in [-0.39, 0.29) is 11.6 Å². The van der Waals surface area contributed by atoms with E-state index in [4.69, 9.17) is 0 Å². The number of nitrogens with zero attached hydrogens (tertiary/aromatic N) is 3. The highest BCUT2D eigenvalue weighted by Crippen LogP contribution is 2.16. The Balaban J connectivity index is 1.63. The van der Waals surface area contributed by atoms with Gasteiger partial charge in [-0.05, 0) is 18.1 Å². The Labute approximate surface area is 146 Å². The van der Waals surface area contributed by atoms with E-state index in [1.54, 1.807) is 17.0 Å². The van der Waals surface area contributed by atoms with Gasteiger partial charge in [-0.15, -0.1) is 0 Å². The van der Waals surface area contributed by atoms with Crippen LogP contribution in [0.3, 0.4) is 0 Å². The van der Waals surface area contributed by atoms with Crippen LogP contribution >= 0.6 is 0 Å². The van der Waals surface area contributed by atoms with Gasteiger partial charge < -0.3 is 4.90 Å². The normalized spacial score (nSPS) is 15.6. The standard InChI is InChI=1S/C19H21N3O3/c23-19(17-8-4-9-18(14-17)22(24)25)21-11-5-10-20(12-13-21)15-16-6-2-1-3-7-16/h1-4,6-9,14H,5,10-13,15H2. The Hall–Kier alpha value is -2.73. The molecule has 1 heterocycles. The summed E-state index contributed by atoms with van der Waals surface area (Å²) in [7, 11) is 0. The van der Waals surface area contributed by atoms with E-state index in [1.807, 2.05) is 18.2 Å². The minimum absolute atomic E-state index is 0.0497. The van der Waals surface area contributed by atoms with E-state index >= 15 is 0 Å². The van der Waals surface area contributed by atoms with Crippen molar-refractivity contribution in [2.45, 2.75) is 13.0 Å². The molecule has 6 heteroatoms. The fourth-order valence-electron chi connectivity index (χ4n) is 3.11. The maximum Gasteiger partial charge on any atom is 0.270 e. The molecular formula is C19H21N3O3. The molecule has 0 saturated carbocycles. The van der Waals surface area contributed by atoms with Crippen LogP contribution in [0.25, 0.3) is 0 Å². The Morgan fingerprint density at radius 3 is 2.56 bits per heavy atom. The molecule has 0 atom stereocenters. The molecule has 3 rings (SSSR count). The summed E-state index contributed by atoms with van der Waals surface area (Å²) < 4.78 is 0. The highest BCUT2D eigenvalue weighted by molar-refractivity contribution is 5.94. The molecule has 0 radical (unpaired) electrons. The van der Waals surface area contributed by atoms with Crippen molar-refractivity contribution < 1.29 is 9.72 Å². The van der Waals surface area contributed by atoms with Gasteiger partial charge in [0.05, 0.1) is 4.92 Å². The number of hydrogen-bond acceptors (Lipinski definition) is 4. The summed E-state index contributed by atoms with van der Waals surface area (Å²) in [6, 6.07) is 16.2. The predicted octanol–water partition coefficient (Wildman–Crippen LogP) is 2.94. The van der Waals surface area contributed by atoms with Gasteiger partial charge in [-0.3, -0.25) is 19.8 Å². The van der Waals surface area contributed by atoms with Crippen molar-refractivity contribution in [2.75, 3.05) is 26.2 Å². The van der Waals surface area contributed by atoms with Crippen LogP contribution in [0.15, 0.2) is 54.6 Å². The molecule has 2 aromatic rings. The first-order chi connectivity index (χ1) is 12.1. The molecule has 25 heavy (non-hydrogen) atoms. The average Bonchev–Trinajstić information content (AvgIpc) is 2.87. The number of rotatable bonds is 4. The van der Waals surface area contributed by atoms with Gasteiger partial charge in [0.15, 0.2) is 0 Å². The van der Waals surface area contributed by atoms with Crippen LogP contribution in [0.4, 0.5) is 5.69 Å². The molecule has 0 aromatic heterocycles. The number of amides is 1. The molecule has 6 nitrogen and oxygen atoms in total. The maximum absolute atomic E-state index is 12.7. The van der Waals surface area contributed by atoms with Crippen LogP contribution in [0.5, 0.6) is 0 Å². The predicted molar refractivity (Wildman–Crippen MR) is 95.3 cm³/mol. The fraction of sp³-hybridized carbons (Fsp3) is 0.316. The van der Waals surface area contributed by atoms with Crippen molar-refractivity contribution in [1.82, 2.24) is 9.80 Å². The van der Waals surface area contributed by atoms with Crippen molar-refractivity contribution in [3.8, 4) is 0 Å². The Morgan fingerprint density at radius 1 is 1.00 bits per heavy atom. The third-order valence-electron chi connectivity index (χ3n) is 4.43. The zero-order valence-electron chi connectivity index (χ0n) is 14.0. The third kappa shape index (κ3) is 4.42. The monoisotopic (exact) mass is 339 g/mol. The first-order valence-corrected chi connectivity index (χ1v) is 8.43. The van der Waals surface area contributed by atoms with E-state index in [0.29, 0.717) is 18.7 Å². The van der Waals surface area contributed by atoms with E-state index in [9.17, 15) is 14.9 Å². The molecule has 1 fully saturated rings. The van der Waals surface area contributed by atoms with Crippen LogP contribution < -0.4 is 0 Å². The van der Waals surface area contributed by atoms with Gasteiger partial charge in [0, 0.05) is 50.4 Å². The average molecular weight is 339 g/mol. The lowest BCUT2D eigenvalue weighted by molar-refractivity contribution is -0.384. The van der Waals surface area contributed by atoms with Crippen LogP contribution in [0.2, 0.25) is 0 Å². The second-order valence-electron chi connectivity index (χ2n) is 6.21. The molecule has 1 aliphatic heterocycles. The molecule has 1 amide bonds. The van der Waals surface area contributed by atoms with Gasteiger partial charge in [-0.25, -0.2) is 0 Å². The van der Waals surface area contributed by atoms with Gasteiger partial charge in [0.2, 0.25) is 0 Å². The first-order valence-electron chi connectivity index (χ1n) is 8.43. The Kier molecular flexibility index (Phi) is 5.40. The summed E-state index contributed by atoms with van der Waals surface area (Å²) in [6.45, 7) is 3.92. The molecule has 0 unspecified atom stereocenters. The van der Waals surface area contributed by atoms with Crippen molar-refractivity contribution in [3.63, 3.8) is 0 Å². The Bertz CT molecular complexity index is 749. The molecule has 0 aliphatic carbocycles. The van der Waals surface area contributed by atoms with E-state index < -0.39 is 4.92 Å². The zero-order valence-corrected chi connectivity index (χ0v) is 14.0. The van der Waals surface area contributed by atoms with E-state index in [2.05, 4.69) is 17.0 Å². The minimum atomic E-state index is -0.471. The van der Waals surface area contributed by atoms with Crippen molar-refractivity contribution >= 4 is 11.6 Å². The van der Waals surface area contributed by atoms with Gasteiger partial charge in [0.1, 0.15) is 0 Å². The second-order valence-corrected chi connectivity index (χ2v) is 6.21. The first kappa shape index (κ1) is 17.1. The summed E-state index contributed by atoms with van der Waals surface area (Å²) >= 11 is 0.